The van der Waals surface area contributed by atoms with Crippen molar-refractivity contribution >= 4 is 75.3 Å². The molecule has 10 nitrogen and oxygen atoms in total. The number of benzene rings is 6. The Labute approximate surface area is 557 Å². The lowest BCUT2D eigenvalue weighted by molar-refractivity contribution is -0.150. The van der Waals surface area contributed by atoms with Gasteiger partial charge in [-0.25, -0.2) is 4.79 Å². The predicted molar refractivity (Wildman–Crippen MR) is 385 cm³/mol. The van der Waals surface area contributed by atoms with Gasteiger partial charge in [0.15, 0.2) is 20.4 Å². The summed E-state index contributed by atoms with van der Waals surface area (Å²) in [7, 11) is -2.51. The van der Waals surface area contributed by atoms with Crippen LogP contribution in [0.4, 0.5) is 0 Å². The molecule has 0 fully saturated rings. The van der Waals surface area contributed by atoms with Crippen LogP contribution in [-0.2, 0) is 62.0 Å². The van der Waals surface area contributed by atoms with Crippen molar-refractivity contribution in [2.24, 2.45) is 0 Å². The smallest absolute Gasteiger partial charge is 0.347 e. The molecule has 0 saturated heterocycles. The first-order chi connectivity index (χ1) is 41.3. The minimum Gasteiger partial charge on any atom is -0.506 e. The number of rotatable bonds is 15. The molecule has 6 aromatic rings. The second-order valence-corrected chi connectivity index (χ2v) is 38.9. The SMILES string of the molecule is CCOC(=O)[C@H](C)Oc1c(Cl)ccc(P(=O)(c2cc(C(C)(C)C)c(OC)c(C(C)(C)C)c2)c2cc(C(C)(C)C)c(OC)c(C(C)(C)C)c2)c1-c1c(P(=O)(c2cc(C(C)(C)C)c(OC)c(C(C)(C)C)c2)c2cc(C(C)(C)C)c(OC)c(C(C)(C)C)c2)ccc(Cl)c1O. The van der Waals surface area contributed by atoms with Crippen molar-refractivity contribution < 1.29 is 47.5 Å². The first-order valence-electron chi connectivity index (χ1n) is 31.7. The third-order valence-electron chi connectivity index (χ3n) is 17.1. The van der Waals surface area contributed by atoms with E-state index in [0.717, 1.165) is 44.5 Å². The van der Waals surface area contributed by atoms with Crippen molar-refractivity contribution in [3.63, 3.8) is 0 Å². The summed E-state index contributed by atoms with van der Waals surface area (Å²) in [5.41, 5.74) is 1.67. The second kappa shape index (κ2) is 25.7. The number of carbonyl (C=O) groups is 1. The number of ether oxygens (including phenoxy) is 6. The molecule has 0 radical (unpaired) electrons. The van der Waals surface area contributed by atoms with E-state index in [1.807, 2.05) is 48.5 Å². The summed E-state index contributed by atoms with van der Waals surface area (Å²) in [5, 5.41) is 15.5. The molecule has 6 aromatic carbocycles. The van der Waals surface area contributed by atoms with Crippen LogP contribution in [0.1, 0.15) is 225 Å². The normalized spacial score (nSPS) is 13.7. The fourth-order valence-corrected chi connectivity index (χ4v) is 18.3. The second-order valence-electron chi connectivity index (χ2n) is 32.6. The van der Waals surface area contributed by atoms with E-state index in [1.165, 1.54) is 0 Å². The Kier molecular flexibility index (Phi) is 21.1. The van der Waals surface area contributed by atoms with Gasteiger partial charge in [-0.05, 0) is 130 Å². The van der Waals surface area contributed by atoms with Gasteiger partial charge in [0.1, 0.15) is 34.5 Å². The average Bonchev–Trinajstić information content (AvgIpc) is 0.720. The summed E-state index contributed by atoms with van der Waals surface area (Å²) in [5.74, 6) is 1.29. The number of phenolic OH excluding ortho intramolecular Hbond substituents is 1. The summed E-state index contributed by atoms with van der Waals surface area (Å²) in [6, 6.07) is 22.4. The lowest BCUT2D eigenvalue weighted by Crippen LogP contribution is -2.34. The van der Waals surface area contributed by atoms with Gasteiger partial charge >= 0.3 is 5.97 Å². The zero-order valence-corrected chi connectivity index (χ0v) is 63.8. The van der Waals surface area contributed by atoms with Crippen molar-refractivity contribution in [3.8, 4) is 45.6 Å². The van der Waals surface area contributed by atoms with Crippen LogP contribution in [0, 0.1) is 0 Å². The molecular formula is C77H106Cl2O10P2. The van der Waals surface area contributed by atoms with Crippen LogP contribution in [-0.4, -0.2) is 52.2 Å². The Morgan fingerprint density at radius 3 is 0.857 bits per heavy atom. The summed E-state index contributed by atoms with van der Waals surface area (Å²) >= 11 is 15.1. The van der Waals surface area contributed by atoms with Gasteiger partial charge in [0.25, 0.3) is 0 Å². The van der Waals surface area contributed by atoms with E-state index in [1.54, 1.807) is 66.6 Å². The lowest BCUT2D eigenvalue weighted by Gasteiger charge is -2.35. The van der Waals surface area contributed by atoms with E-state index >= 15 is 9.13 Å². The maximum Gasteiger partial charge on any atom is 0.347 e. The zero-order chi connectivity index (χ0) is 69.4. The monoisotopic (exact) mass is 1320 g/mol. The van der Waals surface area contributed by atoms with E-state index < -0.39 is 75.4 Å². The first-order valence-corrected chi connectivity index (χ1v) is 35.8. The van der Waals surface area contributed by atoms with E-state index in [4.69, 9.17) is 51.6 Å². The minimum absolute atomic E-state index is 0.000666. The molecule has 0 spiro atoms. The van der Waals surface area contributed by atoms with Gasteiger partial charge < -0.3 is 42.7 Å². The van der Waals surface area contributed by atoms with Gasteiger partial charge in [-0.1, -0.05) is 189 Å². The van der Waals surface area contributed by atoms with E-state index in [-0.39, 0.29) is 44.1 Å². The number of hydrogen-bond acceptors (Lipinski definition) is 10. The number of phenols is 1. The fourth-order valence-electron chi connectivity index (χ4n) is 12.1. The molecule has 91 heavy (non-hydrogen) atoms. The largest absolute Gasteiger partial charge is 0.506 e. The van der Waals surface area contributed by atoms with E-state index in [9.17, 15) is 9.90 Å². The van der Waals surface area contributed by atoms with Gasteiger partial charge in [-0.2, -0.15) is 0 Å². The minimum atomic E-state index is -4.59. The summed E-state index contributed by atoms with van der Waals surface area (Å²) in [6.45, 7) is 53.7. The van der Waals surface area contributed by atoms with Crippen molar-refractivity contribution in [2.45, 2.75) is 229 Å². The Bertz CT molecular complexity index is 3540. The molecule has 0 saturated carbocycles. The Balaban J connectivity index is 2.16. The van der Waals surface area contributed by atoms with Crippen LogP contribution in [0.15, 0.2) is 72.8 Å². The average molecular weight is 1320 g/mol. The number of aromatic hydroxyl groups is 1. The molecule has 0 unspecified atom stereocenters. The van der Waals surface area contributed by atoms with Crippen LogP contribution >= 0.6 is 37.5 Å². The summed E-state index contributed by atoms with van der Waals surface area (Å²) in [4.78, 5) is 14.1. The highest BCUT2D eigenvalue weighted by Crippen LogP contribution is 2.59. The lowest BCUT2D eigenvalue weighted by atomic mass is 9.79. The standard InChI is InChI=1S/C77H106Cl2O10P2/c1-31-88-69(81)44(2)89-68-58(79)33-35-60(91(83,47-40-53(74(15,16)17)66(86-29)54(41-47)75(18,19)20)48-42-55(76(21,22)23)67(87-30)56(43-48)77(24,25)26)62(68)61-59(34-32-57(78)63(61)80)90(82,45-36-49(70(3,4)5)64(84-27)50(37-45)71(6,7)8)46-38-51(72(9,10)11)65(85-28)52(39-46)73(12,13)14/h32-44,80H,31H2,1-30H3/t44-/m0/s1. The number of methoxy groups -OCH3 is 4. The van der Waals surface area contributed by atoms with Crippen LogP contribution in [0.3, 0.4) is 0 Å². The van der Waals surface area contributed by atoms with Crippen LogP contribution in [0.2, 0.25) is 10.0 Å². The van der Waals surface area contributed by atoms with Crippen LogP contribution in [0.5, 0.6) is 34.5 Å². The Morgan fingerprint density at radius 1 is 0.407 bits per heavy atom. The Hall–Kier alpha value is -5.37. The first kappa shape index (κ1) is 74.7. The van der Waals surface area contributed by atoms with E-state index in [0.29, 0.717) is 44.2 Å². The van der Waals surface area contributed by atoms with E-state index in [2.05, 4.69) is 166 Å². The highest BCUT2D eigenvalue weighted by atomic mass is 35.5. The molecule has 0 aliphatic carbocycles. The van der Waals surface area contributed by atoms with Gasteiger partial charge in [0.2, 0.25) is 0 Å². The molecule has 498 valence electrons. The molecule has 1 N–H and O–H groups in total. The van der Waals surface area contributed by atoms with Crippen molar-refractivity contribution in [1.29, 1.82) is 0 Å². The molecule has 0 aliphatic rings. The molecule has 0 amide bonds. The summed E-state index contributed by atoms with van der Waals surface area (Å²) < 4.78 is 76.3. The number of carbonyl (C=O) groups excluding carboxylic acids is 1. The maximum atomic E-state index is 19.1. The van der Waals surface area contributed by atoms with Crippen LogP contribution in [0.25, 0.3) is 11.1 Å². The number of esters is 1. The number of hydrogen-bond donors (Lipinski definition) is 1. The summed E-state index contributed by atoms with van der Waals surface area (Å²) in [6.07, 6.45) is -1.33. The Morgan fingerprint density at radius 2 is 0.637 bits per heavy atom. The van der Waals surface area contributed by atoms with Crippen LogP contribution < -0.4 is 55.5 Å². The van der Waals surface area contributed by atoms with Crippen molar-refractivity contribution in [3.05, 3.63) is 127 Å². The van der Waals surface area contributed by atoms with Gasteiger partial charge in [0, 0.05) is 87.5 Å². The topological polar surface area (TPSA) is 127 Å². The predicted octanol–water partition coefficient (Wildman–Crippen LogP) is 18.4. The fraction of sp³-hybridized carbons (Fsp3) is 0.519. The zero-order valence-electron chi connectivity index (χ0n) is 60.5. The molecule has 0 aromatic heterocycles. The van der Waals surface area contributed by atoms with Crippen molar-refractivity contribution in [2.75, 3.05) is 35.0 Å². The third-order valence-corrected chi connectivity index (χ3v) is 23.7. The molecule has 6 rings (SSSR count). The van der Waals surface area contributed by atoms with Gasteiger partial charge in [-0.3, -0.25) is 0 Å². The van der Waals surface area contributed by atoms with Gasteiger partial charge in [-0.15, -0.1) is 0 Å². The highest BCUT2D eigenvalue weighted by Gasteiger charge is 2.46. The third kappa shape index (κ3) is 14.5. The molecule has 0 heterocycles. The van der Waals surface area contributed by atoms with Crippen molar-refractivity contribution in [1.82, 2.24) is 0 Å². The molecule has 0 aliphatic heterocycles. The molecule has 14 heteroatoms. The number of halogens is 2. The molecule has 0 bridgehead atoms. The maximum absolute atomic E-state index is 19.1. The quantitative estimate of drug-likeness (QED) is 0.0784. The molecule has 1 atom stereocenters. The molecular weight excluding hydrogens is 1220 g/mol. The highest BCUT2D eigenvalue weighted by molar-refractivity contribution is 7.86. The van der Waals surface area contributed by atoms with Gasteiger partial charge in [0.05, 0.1) is 45.1 Å².